The van der Waals surface area contributed by atoms with E-state index < -0.39 is 5.82 Å². The number of thioether (sulfide) groups is 1. The Morgan fingerprint density at radius 3 is 2.12 bits per heavy atom. The summed E-state index contributed by atoms with van der Waals surface area (Å²) in [7, 11) is 0. The third kappa shape index (κ3) is 3.48. The summed E-state index contributed by atoms with van der Waals surface area (Å²) in [6.07, 6.45) is 0. The zero-order valence-corrected chi connectivity index (χ0v) is 15.2. The van der Waals surface area contributed by atoms with Crippen LogP contribution in [0.4, 0.5) is 4.39 Å². The molecule has 2 aromatic rings. The number of amides is 2. The van der Waals surface area contributed by atoms with Crippen LogP contribution in [-0.4, -0.2) is 22.8 Å². The van der Waals surface area contributed by atoms with Crippen LogP contribution in [0, 0.1) is 5.82 Å². The molecule has 0 aliphatic carbocycles. The molecule has 0 N–H and O–H groups in total. The maximum Gasteiger partial charge on any atom is 0.268 e. The van der Waals surface area contributed by atoms with E-state index in [1.54, 1.807) is 38.1 Å². The summed E-state index contributed by atoms with van der Waals surface area (Å²) in [5.74, 6) is -1.09. The van der Waals surface area contributed by atoms with Crippen LogP contribution in [-0.2, 0) is 9.59 Å². The minimum absolute atomic E-state index is 0.265. The van der Waals surface area contributed by atoms with Crippen molar-refractivity contribution in [1.29, 1.82) is 0 Å². The first-order valence-electron chi connectivity index (χ1n) is 7.70. The summed E-state index contributed by atoms with van der Waals surface area (Å²) in [5, 5.41) is 0.592. The third-order valence-electron chi connectivity index (χ3n) is 3.76. The Bertz CT molecular complexity index is 860. The number of halogens is 2. The number of carbonyl (C=O) groups is 2. The summed E-state index contributed by atoms with van der Waals surface area (Å²) < 4.78 is 13.2. The van der Waals surface area contributed by atoms with E-state index in [-0.39, 0.29) is 17.9 Å². The van der Waals surface area contributed by atoms with Crippen molar-refractivity contribution in [3.63, 3.8) is 0 Å². The van der Waals surface area contributed by atoms with E-state index in [9.17, 15) is 14.0 Å². The fraction of sp³-hybridized carbons (Fsp3) is 0.158. The molecule has 3 rings (SSSR count). The molecule has 3 nitrogen and oxygen atoms in total. The van der Waals surface area contributed by atoms with Crippen LogP contribution in [0.3, 0.4) is 0 Å². The van der Waals surface area contributed by atoms with Crippen LogP contribution in [0.1, 0.15) is 19.4 Å². The third-order valence-corrected chi connectivity index (χ3v) is 5.10. The van der Waals surface area contributed by atoms with Gasteiger partial charge >= 0.3 is 0 Å². The lowest BCUT2D eigenvalue weighted by atomic mass is 10.1. The van der Waals surface area contributed by atoms with Gasteiger partial charge in [-0.05, 0) is 55.8 Å². The average Bonchev–Trinajstić information content (AvgIpc) is 2.81. The smallest absolute Gasteiger partial charge is 0.268 e. The van der Waals surface area contributed by atoms with Crippen molar-refractivity contribution < 1.29 is 14.0 Å². The molecule has 0 fully saturated rings. The second kappa shape index (κ2) is 7.02. The molecule has 0 bridgehead atoms. The topological polar surface area (TPSA) is 37.4 Å². The number of nitrogens with zero attached hydrogens (tertiary/aromatic N) is 1. The summed E-state index contributed by atoms with van der Waals surface area (Å²) >= 11 is 7.11. The second-order valence-electron chi connectivity index (χ2n) is 5.84. The molecular formula is C19H15ClFNO2S. The van der Waals surface area contributed by atoms with Crippen LogP contribution < -0.4 is 0 Å². The zero-order valence-electron chi connectivity index (χ0n) is 13.6. The Morgan fingerprint density at radius 1 is 0.960 bits per heavy atom. The molecule has 0 radical (unpaired) electrons. The zero-order chi connectivity index (χ0) is 18.1. The molecule has 128 valence electrons. The number of rotatable bonds is 4. The molecule has 1 heterocycles. The number of hydrogen-bond donors (Lipinski definition) is 0. The Kier molecular flexibility index (Phi) is 4.97. The van der Waals surface area contributed by atoms with Crippen molar-refractivity contribution in [3.05, 3.63) is 69.8 Å². The van der Waals surface area contributed by atoms with Gasteiger partial charge in [-0.25, -0.2) is 4.39 Å². The summed E-state index contributed by atoms with van der Waals surface area (Å²) in [6.45, 7) is 3.57. The maximum absolute atomic E-state index is 13.2. The highest BCUT2D eigenvalue weighted by atomic mass is 35.5. The monoisotopic (exact) mass is 375 g/mol. The van der Waals surface area contributed by atoms with Gasteiger partial charge in [0.15, 0.2) is 0 Å². The highest BCUT2D eigenvalue weighted by Gasteiger charge is 2.40. The van der Waals surface area contributed by atoms with E-state index >= 15 is 0 Å². The van der Waals surface area contributed by atoms with E-state index in [1.807, 2.05) is 0 Å². The van der Waals surface area contributed by atoms with Gasteiger partial charge < -0.3 is 0 Å². The minimum atomic E-state index is -0.395. The molecule has 0 unspecified atom stereocenters. The number of hydrogen-bond acceptors (Lipinski definition) is 3. The van der Waals surface area contributed by atoms with Crippen molar-refractivity contribution in [2.75, 3.05) is 0 Å². The van der Waals surface area contributed by atoms with Crippen molar-refractivity contribution in [1.82, 2.24) is 4.90 Å². The molecule has 25 heavy (non-hydrogen) atoms. The molecule has 0 aromatic heterocycles. The maximum atomic E-state index is 13.2. The molecule has 0 spiro atoms. The Hall–Kier alpha value is -2.11. The first-order valence-corrected chi connectivity index (χ1v) is 8.89. The first-order chi connectivity index (χ1) is 11.9. The van der Waals surface area contributed by atoms with Gasteiger partial charge in [0.2, 0.25) is 0 Å². The van der Waals surface area contributed by atoms with Gasteiger partial charge in [-0.3, -0.25) is 14.5 Å². The normalized spacial score (nSPS) is 14.8. The van der Waals surface area contributed by atoms with Crippen molar-refractivity contribution in [2.24, 2.45) is 0 Å². The molecule has 0 saturated heterocycles. The highest BCUT2D eigenvalue weighted by molar-refractivity contribution is 8.04. The van der Waals surface area contributed by atoms with Crippen LogP contribution >= 0.6 is 23.4 Å². The quantitative estimate of drug-likeness (QED) is 0.723. The Morgan fingerprint density at radius 2 is 1.56 bits per heavy atom. The Balaban J connectivity index is 2.08. The van der Waals surface area contributed by atoms with E-state index in [1.165, 1.54) is 40.9 Å². The SMILES string of the molecule is CC(C)N1C(=O)C(Sc2ccc(Cl)cc2)=C(c2ccc(F)cc2)C1=O. The van der Waals surface area contributed by atoms with Crippen LogP contribution in [0.2, 0.25) is 5.02 Å². The number of benzene rings is 2. The van der Waals surface area contributed by atoms with Gasteiger partial charge in [-0.15, -0.1) is 0 Å². The van der Waals surface area contributed by atoms with Gasteiger partial charge in [-0.1, -0.05) is 35.5 Å². The average molecular weight is 376 g/mol. The fourth-order valence-electron chi connectivity index (χ4n) is 2.58. The fourth-order valence-corrected chi connectivity index (χ4v) is 3.71. The van der Waals surface area contributed by atoms with Gasteiger partial charge in [0.1, 0.15) is 5.82 Å². The van der Waals surface area contributed by atoms with Crippen LogP contribution in [0.5, 0.6) is 0 Å². The van der Waals surface area contributed by atoms with Gasteiger partial charge in [0, 0.05) is 16.0 Å². The Labute approximate surface area is 154 Å². The molecule has 0 saturated carbocycles. The molecule has 1 aliphatic heterocycles. The molecule has 0 atom stereocenters. The lowest BCUT2D eigenvalue weighted by molar-refractivity contribution is -0.138. The summed E-state index contributed by atoms with van der Waals surface area (Å²) in [6, 6.07) is 12.4. The molecular weight excluding hydrogens is 361 g/mol. The molecule has 1 aliphatic rings. The molecule has 2 amide bonds. The second-order valence-corrected chi connectivity index (χ2v) is 7.36. The summed E-state index contributed by atoms with van der Waals surface area (Å²) in [4.78, 5) is 28.0. The summed E-state index contributed by atoms with van der Waals surface area (Å²) in [5.41, 5.74) is 0.831. The van der Waals surface area contributed by atoms with Gasteiger partial charge in [-0.2, -0.15) is 0 Å². The van der Waals surface area contributed by atoms with E-state index in [0.717, 1.165) is 4.90 Å². The standard InChI is InChI=1S/C19H15ClFNO2S/c1-11(2)22-18(23)16(12-3-7-14(21)8-4-12)17(19(22)24)25-15-9-5-13(20)6-10-15/h3-11H,1-2H3. The van der Waals surface area contributed by atoms with E-state index in [4.69, 9.17) is 11.6 Å². The lowest BCUT2D eigenvalue weighted by Gasteiger charge is -2.19. The van der Waals surface area contributed by atoms with Gasteiger partial charge in [0.05, 0.1) is 10.5 Å². The molecule has 2 aromatic carbocycles. The van der Waals surface area contributed by atoms with E-state index in [2.05, 4.69) is 0 Å². The minimum Gasteiger partial charge on any atom is -0.271 e. The first kappa shape index (κ1) is 17.7. The van der Waals surface area contributed by atoms with E-state index in [0.29, 0.717) is 21.1 Å². The largest absolute Gasteiger partial charge is 0.271 e. The highest BCUT2D eigenvalue weighted by Crippen LogP contribution is 2.40. The predicted octanol–water partition coefficient (Wildman–Crippen LogP) is 4.76. The van der Waals surface area contributed by atoms with Crippen molar-refractivity contribution in [2.45, 2.75) is 24.8 Å². The molecule has 6 heteroatoms. The number of carbonyl (C=O) groups excluding carboxylic acids is 2. The van der Waals surface area contributed by atoms with Crippen molar-refractivity contribution >= 4 is 40.8 Å². The van der Waals surface area contributed by atoms with Crippen LogP contribution in [0.15, 0.2) is 58.3 Å². The lowest BCUT2D eigenvalue weighted by Crippen LogP contribution is -2.37. The van der Waals surface area contributed by atoms with Crippen molar-refractivity contribution in [3.8, 4) is 0 Å². The van der Waals surface area contributed by atoms with Gasteiger partial charge in [0.25, 0.3) is 11.8 Å². The predicted molar refractivity (Wildman–Crippen MR) is 97.6 cm³/mol. The van der Waals surface area contributed by atoms with Crippen LogP contribution in [0.25, 0.3) is 5.57 Å². The number of imide groups is 1.